The van der Waals surface area contributed by atoms with Crippen LogP contribution in [-0.2, 0) is 4.79 Å². The molecule has 1 aliphatic heterocycles. The number of ether oxygens (including phenoxy) is 1. The van der Waals surface area contributed by atoms with Gasteiger partial charge in [-0.3, -0.25) is 9.69 Å². The first-order valence-electron chi connectivity index (χ1n) is 8.20. The molecule has 3 rings (SSSR count). The number of amidine groups is 1. The number of rotatable bonds is 4. The van der Waals surface area contributed by atoms with Crippen LogP contribution in [0.25, 0.3) is 0 Å². The van der Waals surface area contributed by atoms with Crippen LogP contribution in [0.5, 0.6) is 5.75 Å². The van der Waals surface area contributed by atoms with E-state index in [0.717, 1.165) is 23.4 Å². The van der Waals surface area contributed by atoms with E-state index < -0.39 is 0 Å². The van der Waals surface area contributed by atoms with Gasteiger partial charge >= 0.3 is 0 Å². The second-order valence-corrected chi connectivity index (χ2v) is 7.67. The molecular weight excluding hydrogens is 391 g/mol. The fraction of sp³-hybridized carbons (Fsp3) is 0.263. The van der Waals surface area contributed by atoms with Crippen LogP contribution < -0.4 is 4.74 Å². The minimum atomic E-state index is -0.144. The van der Waals surface area contributed by atoms with E-state index in [4.69, 9.17) is 27.9 Å². The van der Waals surface area contributed by atoms with E-state index in [1.165, 1.54) is 0 Å². The van der Waals surface area contributed by atoms with Gasteiger partial charge in [-0.2, -0.15) is 0 Å². The van der Waals surface area contributed by atoms with Gasteiger partial charge in [-0.25, -0.2) is 4.99 Å². The van der Waals surface area contributed by atoms with Gasteiger partial charge in [-0.15, -0.1) is 0 Å². The molecule has 0 unspecified atom stereocenters. The van der Waals surface area contributed by atoms with Crippen molar-refractivity contribution < 1.29 is 9.53 Å². The van der Waals surface area contributed by atoms with Crippen molar-refractivity contribution in [3.05, 3.63) is 58.1 Å². The lowest BCUT2D eigenvalue weighted by atomic mass is 10.2. The van der Waals surface area contributed by atoms with Gasteiger partial charge in [0.05, 0.1) is 10.7 Å². The molecule has 1 fully saturated rings. The molecular formula is C19H18Cl2N2O2S. The maximum Gasteiger partial charge on any atom is 0.266 e. The maximum absolute atomic E-state index is 12.6. The highest BCUT2D eigenvalue weighted by atomic mass is 35.5. The van der Waals surface area contributed by atoms with Crippen LogP contribution in [0.15, 0.2) is 47.5 Å². The zero-order chi connectivity index (χ0) is 18.5. The van der Waals surface area contributed by atoms with Gasteiger partial charge in [0.2, 0.25) is 0 Å². The molecule has 0 spiro atoms. The molecule has 0 bridgehead atoms. The van der Waals surface area contributed by atoms with Crippen LogP contribution in [0.2, 0.25) is 10.0 Å². The number of para-hydroxylation sites is 1. The molecule has 1 aliphatic rings. The number of benzene rings is 2. The van der Waals surface area contributed by atoms with Crippen molar-refractivity contribution in [3.8, 4) is 5.75 Å². The van der Waals surface area contributed by atoms with E-state index >= 15 is 0 Å². The van der Waals surface area contributed by atoms with Crippen LogP contribution in [-0.4, -0.2) is 34.9 Å². The molecule has 26 heavy (non-hydrogen) atoms. The molecule has 2 aromatic carbocycles. The third kappa shape index (κ3) is 4.72. The molecule has 7 heteroatoms. The van der Waals surface area contributed by atoms with Crippen LogP contribution in [0.4, 0.5) is 5.69 Å². The Morgan fingerprint density at radius 3 is 2.81 bits per heavy atom. The molecule has 0 atom stereocenters. The monoisotopic (exact) mass is 408 g/mol. The van der Waals surface area contributed by atoms with Crippen molar-refractivity contribution in [1.82, 2.24) is 4.90 Å². The van der Waals surface area contributed by atoms with Crippen molar-refractivity contribution in [2.45, 2.75) is 13.3 Å². The first kappa shape index (κ1) is 19.1. The fourth-order valence-electron chi connectivity index (χ4n) is 2.42. The third-order valence-corrected chi connectivity index (χ3v) is 5.64. The van der Waals surface area contributed by atoms with E-state index in [1.54, 1.807) is 28.8 Å². The Morgan fingerprint density at radius 1 is 1.23 bits per heavy atom. The van der Waals surface area contributed by atoms with Gasteiger partial charge in [-0.05, 0) is 43.2 Å². The average Bonchev–Trinajstić information content (AvgIpc) is 2.64. The zero-order valence-corrected chi connectivity index (χ0v) is 16.6. The molecule has 2 aromatic rings. The summed E-state index contributed by atoms with van der Waals surface area (Å²) >= 11 is 13.8. The number of amides is 1. The molecule has 136 valence electrons. The van der Waals surface area contributed by atoms with Gasteiger partial charge in [-0.1, -0.05) is 53.2 Å². The number of aliphatic imine (C=N–C) groups is 1. The number of halogens is 2. The lowest BCUT2D eigenvalue weighted by molar-refractivity contribution is -0.129. The van der Waals surface area contributed by atoms with Gasteiger partial charge < -0.3 is 4.74 Å². The van der Waals surface area contributed by atoms with Crippen molar-refractivity contribution in [2.24, 2.45) is 4.99 Å². The second-order valence-electron chi connectivity index (χ2n) is 5.79. The van der Waals surface area contributed by atoms with Crippen molar-refractivity contribution in [2.75, 3.05) is 18.9 Å². The Labute approximate surface area is 167 Å². The number of hydrogen-bond donors (Lipinski definition) is 0. The van der Waals surface area contributed by atoms with E-state index in [0.29, 0.717) is 27.5 Å². The van der Waals surface area contributed by atoms with Crippen molar-refractivity contribution in [1.29, 1.82) is 0 Å². The molecule has 0 aromatic heterocycles. The third-order valence-electron chi connectivity index (χ3n) is 3.86. The summed E-state index contributed by atoms with van der Waals surface area (Å²) in [5.74, 6) is 1.28. The van der Waals surface area contributed by atoms with Gasteiger partial charge in [0.25, 0.3) is 5.91 Å². The van der Waals surface area contributed by atoms with Crippen LogP contribution >= 0.6 is 35.0 Å². The summed E-state index contributed by atoms with van der Waals surface area (Å²) in [5, 5.41) is 1.81. The first-order chi connectivity index (χ1) is 12.5. The fourth-order valence-corrected chi connectivity index (χ4v) is 3.76. The Hall–Kier alpha value is -1.69. The number of thioether (sulfide) groups is 1. The zero-order valence-electron chi connectivity index (χ0n) is 14.2. The van der Waals surface area contributed by atoms with E-state index in [1.807, 2.05) is 37.3 Å². The summed E-state index contributed by atoms with van der Waals surface area (Å²) in [6.45, 7) is 2.48. The average molecular weight is 409 g/mol. The molecule has 1 amide bonds. The summed E-state index contributed by atoms with van der Waals surface area (Å²) in [6, 6.07) is 12.7. The lowest BCUT2D eigenvalue weighted by Gasteiger charge is -2.27. The molecule has 0 saturated carbocycles. The van der Waals surface area contributed by atoms with Gasteiger partial charge in [0, 0.05) is 17.3 Å². The Bertz CT molecular complexity index is 842. The Kier molecular flexibility index (Phi) is 6.46. The number of nitrogens with zero attached hydrogens (tertiary/aromatic N) is 2. The maximum atomic E-state index is 12.6. The minimum absolute atomic E-state index is 0.0853. The Morgan fingerprint density at radius 2 is 2.04 bits per heavy atom. The predicted octanol–water partition coefficient (Wildman–Crippen LogP) is 5.33. The number of carbonyl (C=O) groups is 1. The van der Waals surface area contributed by atoms with E-state index in [9.17, 15) is 4.79 Å². The summed E-state index contributed by atoms with van der Waals surface area (Å²) in [5.41, 5.74) is 1.72. The molecule has 4 nitrogen and oxygen atoms in total. The Balaban J connectivity index is 1.73. The highest BCUT2D eigenvalue weighted by molar-refractivity contribution is 8.13. The molecule has 0 radical (unpaired) electrons. The molecule has 1 heterocycles. The molecule has 0 N–H and O–H groups in total. The van der Waals surface area contributed by atoms with Crippen LogP contribution in [0.1, 0.15) is 12.0 Å². The highest BCUT2D eigenvalue weighted by Gasteiger charge is 2.24. The smallest absolute Gasteiger partial charge is 0.266 e. The normalized spacial score (nSPS) is 16.0. The minimum Gasteiger partial charge on any atom is -0.482 e. The topological polar surface area (TPSA) is 41.9 Å². The van der Waals surface area contributed by atoms with Gasteiger partial charge in [0.15, 0.2) is 11.8 Å². The number of aryl methyl sites for hydroxylation is 1. The molecule has 0 aliphatic carbocycles. The SMILES string of the molecule is Cc1ccc(N=C2SCCCN2C(=O)COc2ccccc2Cl)cc1Cl. The quantitative estimate of drug-likeness (QED) is 0.685. The number of hydrogen-bond acceptors (Lipinski definition) is 4. The lowest BCUT2D eigenvalue weighted by Crippen LogP contribution is -2.41. The molecule has 1 saturated heterocycles. The van der Waals surface area contributed by atoms with E-state index in [2.05, 4.69) is 4.99 Å². The van der Waals surface area contributed by atoms with Crippen molar-refractivity contribution in [3.63, 3.8) is 0 Å². The summed E-state index contributed by atoms with van der Waals surface area (Å²) in [7, 11) is 0. The van der Waals surface area contributed by atoms with Crippen molar-refractivity contribution >= 4 is 51.7 Å². The van der Waals surface area contributed by atoms with Gasteiger partial charge in [0.1, 0.15) is 5.75 Å². The second kappa shape index (κ2) is 8.80. The highest BCUT2D eigenvalue weighted by Crippen LogP contribution is 2.27. The summed E-state index contributed by atoms with van der Waals surface area (Å²) in [4.78, 5) is 18.9. The largest absolute Gasteiger partial charge is 0.482 e. The summed E-state index contributed by atoms with van der Waals surface area (Å²) in [6.07, 6.45) is 0.913. The predicted molar refractivity (Wildman–Crippen MR) is 109 cm³/mol. The summed E-state index contributed by atoms with van der Waals surface area (Å²) < 4.78 is 5.58. The van der Waals surface area contributed by atoms with Crippen LogP contribution in [0.3, 0.4) is 0 Å². The van der Waals surface area contributed by atoms with E-state index in [-0.39, 0.29) is 12.5 Å². The van der Waals surface area contributed by atoms with Crippen LogP contribution in [0, 0.1) is 6.92 Å². The number of carbonyl (C=O) groups excluding carboxylic acids is 1. The first-order valence-corrected chi connectivity index (χ1v) is 9.94. The standard InChI is InChI=1S/C19H18Cl2N2O2S/c1-13-7-8-14(11-16(13)21)22-19-23(9-4-10-26-19)18(24)12-25-17-6-3-2-5-15(17)20/h2-3,5-8,11H,4,9-10,12H2,1H3.